The number of hydrogen-bond acceptors (Lipinski definition) is 2. The van der Waals surface area contributed by atoms with Crippen molar-refractivity contribution in [1.29, 1.82) is 5.26 Å². The molecule has 3 aromatic rings. The predicted octanol–water partition coefficient (Wildman–Crippen LogP) is 4.98. The Kier molecular flexibility index (Phi) is 3.38. The molecule has 1 N–H and O–H groups in total. The molecule has 0 aliphatic heterocycles. The van der Waals surface area contributed by atoms with E-state index in [9.17, 15) is 0 Å². The first-order valence-corrected chi connectivity index (χ1v) is 7.29. The second-order valence-electron chi connectivity index (χ2n) is 4.18. The summed E-state index contributed by atoms with van der Waals surface area (Å²) in [7, 11) is 0. The molecule has 0 atom stereocenters. The highest BCUT2D eigenvalue weighted by molar-refractivity contribution is 9.10. The van der Waals surface area contributed by atoms with Crippen LogP contribution in [0.25, 0.3) is 16.7 Å². The smallest absolute Gasteiger partial charge is 0.182 e. The van der Waals surface area contributed by atoms with Crippen molar-refractivity contribution in [3.8, 4) is 11.8 Å². The Morgan fingerprint density at radius 3 is 2.80 bits per heavy atom. The number of imidazole rings is 1. The average molecular weight is 365 g/mol. The summed E-state index contributed by atoms with van der Waals surface area (Å²) >= 11 is 15.0. The minimum Gasteiger partial charge on any atom is -0.329 e. The van der Waals surface area contributed by atoms with E-state index in [0.29, 0.717) is 15.4 Å². The molecule has 0 spiro atoms. The van der Waals surface area contributed by atoms with Gasteiger partial charge in [0.15, 0.2) is 4.77 Å². The van der Waals surface area contributed by atoms with Crippen molar-refractivity contribution < 1.29 is 0 Å². The van der Waals surface area contributed by atoms with Gasteiger partial charge in [0.2, 0.25) is 0 Å². The van der Waals surface area contributed by atoms with E-state index in [1.165, 1.54) is 0 Å². The van der Waals surface area contributed by atoms with Gasteiger partial charge in [-0.1, -0.05) is 17.7 Å². The molecule has 3 rings (SSSR count). The number of H-pyrrole nitrogens is 1. The molecule has 0 radical (unpaired) electrons. The third-order valence-corrected chi connectivity index (χ3v) is 4.22. The van der Waals surface area contributed by atoms with E-state index in [1.807, 2.05) is 28.8 Å². The summed E-state index contributed by atoms with van der Waals surface area (Å²) in [4.78, 5) is 3.11. The van der Waals surface area contributed by atoms with E-state index < -0.39 is 0 Å². The van der Waals surface area contributed by atoms with E-state index in [2.05, 4.69) is 27.0 Å². The van der Waals surface area contributed by atoms with Crippen LogP contribution < -0.4 is 0 Å². The maximum Gasteiger partial charge on any atom is 0.182 e. The highest BCUT2D eigenvalue weighted by Crippen LogP contribution is 2.29. The lowest BCUT2D eigenvalue weighted by molar-refractivity contribution is 1.06. The zero-order valence-corrected chi connectivity index (χ0v) is 13.2. The molecular weight excluding hydrogens is 358 g/mol. The third kappa shape index (κ3) is 2.06. The topological polar surface area (TPSA) is 44.5 Å². The van der Waals surface area contributed by atoms with Crippen molar-refractivity contribution in [2.75, 3.05) is 0 Å². The number of halogens is 2. The predicted molar refractivity (Wildman–Crippen MR) is 85.9 cm³/mol. The Labute approximate surface area is 133 Å². The number of aromatic nitrogens is 2. The van der Waals surface area contributed by atoms with Crippen molar-refractivity contribution in [2.24, 2.45) is 0 Å². The SMILES string of the molecule is N#Cc1ccc(-n2c(=S)[nH]c3c(Cl)cccc32)c(Br)c1. The molecule has 1 aromatic heterocycles. The molecule has 0 amide bonds. The van der Waals surface area contributed by atoms with Crippen LogP contribution in [-0.4, -0.2) is 9.55 Å². The molecular formula is C14H7BrClN3S. The van der Waals surface area contributed by atoms with Gasteiger partial charge in [-0.2, -0.15) is 5.26 Å². The first-order chi connectivity index (χ1) is 9.61. The summed E-state index contributed by atoms with van der Waals surface area (Å²) in [6.45, 7) is 0. The molecule has 0 saturated carbocycles. The van der Waals surface area contributed by atoms with Crippen LogP contribution in [0.1, 0.15) is 5.56 Å². The van der Waals surface area contributed by atoms with E-state index in [0.717, 1.165) is 21.2 Å². The van der Waals surface area contributed by atoms with Crippen LogP contribution in [0.2, 0.25) is 5.02 Å². The fourth-order valence-electron chi connectivity index (χ4n) is 2.09. The van der Waals surface area contributed by atoms with Crippen LogP contribution in [0, 0.1) is 16.1 Å². The van der Waals surface area contributed by atoms with E-state index in [-0.39, 0.29) is 0 Å². The maximum absolute atomic E-state index is 8.92. The van der Waals surface area contributed by atoms with Gasteiger partial charge in [0, 0.05) is 4.47 Å². The number of fused-ring (bicyclic) bond motifs is 1. The molecule has 0 bridgehead atoms. The number of hydrogen-bond donors (Lipinski definition) is 1. The molecule has 0 fully saturated rings. The maximum atomic E-state index is 8.92. The number of para-hydroxylation sites is 1. The van der Waals surface area contributed by atoms with Gasteiger partial charge >= 0.3 is 0 Å². The summed E-state index contributed by atoms with van der Waals surface area (Å²) in [5, 5.41) is 9.55. The zero-order chi connectivity index (χ0) is 14.3. The number of nitriles is 1. The van der Waals surface area contributed by atoms with Crippen molar-refractivity contribution in [1.82, 2.24) is 9.55 Å². The van der Waals surface area contributed by atoms with Crippen LogP contribution in [0.4, 0.5) is 0 Å². The normalized spacial score (nSPS) is 10.7. The Hall–Kier alpha value is -1.61. The van der Waals surface area contributed by atoms with Crippen LogP contribution in [0.5, 0.6) is 0 Å². The highest BCUT2D eigenvalue weighted by Gasteiger charge is 2.11. The number of nitrogens with one attached hydrogen (secondary N) is 1. The lowest BCUT2D eigenvalue weighted by atomic mass is 10.2. The van der Waals surface area contributed by atoms with E-state index >= 15 is 0 Å². The van der Waals surface area contributed by atoms with Gasteiger partial charge in [0.25, 0.3) is 0 Å². The molecule has 0 aliphatic carbocycles. The second-order valence-corrected chi connectivity index (χ2v) is 5.83. The number of rotatable bonds is 1. The van der Waals surface area contributed by atoms with E-state index in [4.69, 9.17) is 29.1 Å². The van der Waals surface area contributed by atoms with Crippen LogP contribution in [0.3, 0.4) is 0 Å². The van der Waals surface area contributed by atoms with Crippen molar-refractivity contribution >= 4 is 50.8 Å². The van der Waals surface area contributed by atoms with Crippen molar-refractivity contribution in [3.05, 3.63) is 56.2 Å². The van der Waals surface area contributed by atoms with Gasteiger partial charge in [0.05, 0.1) is 33.4 Å². The molecule has 98 valence electrons. The van der Waals surface area contributed by atoms with Crippen molar-refractivity contribution in [3.63, 3.8) is 0 Å². The average Bonchev–Trinajstić information content (AvgIpc) is 2.77. The number of nitrogens with zero attached hydrogens (tertiary/aromatic N) is 2. The molecule has 0 saturated heterocycles. The summed E-state index contributed by atoms with van der Waals surface area (Å²) in [5.74, 6) is 0. The highest BCUT2D eigenvalue weighted by atomic mass is 79.9. The summed E-state index contributed by atoms with van der Waals surface area (Å²) in [6.07, 6.45) is 0. The zero-order valence-electron chi connectivity index (χ0n) is 10.0. The minimum atomic E-state index is 0.554. The van der Waals surface area contributed by atoms with Gasteiger partial charge in [-0.3, -0.25) is 4.57 Å². The fraction of sp³-hybridized carbons (Fsp3) is 0. The molecule has 3 nitrogen and oxygen atoms in total. The Bertz CT molecular complexity index is 920. The first-order valence-electron chi connectivity index (χ1n) is 5.71. The molecule has 0 aliphatic rings. The van der Waals surface area contributed by atoms with Gasteiger partial charge < -0.3 is 4.98 Å². The monoisotopic (exact) mass is 363 g/mol. The molecule has 20 heavy (non-hydrogen) atoms. The van der Waals surface area contributed by atoms with Crippen molar-refractivity contribution in [2.45, 2.75) is 0 Å². The minimum absolute atomic E-state index is 0.554. The van der Waals surface area contributed by atoms with Crippen LogP contribution in [0.15, 0.2) is 40.9 Å². The molecule has 2 aromatic carbocycles. The second kappa shape index (κ2) is 5.06. The lowest BCUT2D eigenvalue weighted by Gasteiger charge is -2.07. The molecule has 6 heteroatoms. The van der Waals surface area contributed by atoms with E-state index in [1.54, 1.807) is 12.1 Å². The summed E-state index contributed by atoms with van der Waals surface area (Å²) in [5.41, 5.74) is 3.15. The summed E-state index contributed by atoms with van der Waals surface area (Å²) < 4.78 is 3.24. The Morgan fingerprint density at radius 1 is 1.30 bits per heavy atom. The number of aromatic amines is 1. The van der Waals surface area contributed by atoms with Crippen LogP contribution >= 0.6 is 39.7 Å². The lowest BCUT2D eigenvalue weighted by Crippen LogP contribution is -1.95. The first kappa shape index (κ1) is 13.4. The van der Waals surface area contributed by atoms with Gasteiger partial charge in [0.1, 0.15) is 0 Å². The molecule has 1 heterocycles. The van der Waals surface area contributed by atoms with Crippen LogP contribution in [-0.2, 0) is 0 Å². The fourth-order valence-corrected chi connectivity index (χ4v) is 3.16. The van der Waals surface area contributed by atoms with Gasteiger partial charge in [-0.25, -0.2) is 0 Å². The quantitative estimate of drug-likeness (QED) is 0.619. The number of benzene rings is 2. The Balaban J connectivity index is 2.36. The Morgan fingerprint density at radius 2 is 2.10 bits per heavy atom. The molecule has 0 unspecified atom stereocenters. The summed E-state index contributed by atoms with van der Waals surface area (Å²) in [6, 6.07) is 13.1. The third-order valence-electron chi connectivity index (χ3n) is 2.99. The standard InChI is InChI=1S/C14H7BrClN3S/c15-9-6-8(7-17)4-5-11(9)19-12-3-1-2-10(16)13(12)18-14(19)20/h1-6H,(H,18,20). The largest absolute Gasteiger partial charge is 0.329 e. The van der Waals surface area contributed by atoms with Gasteiger partial charge in [-0.15, -0.1) is 0 Å². The van der Waals surface area contributed by atoms with Gasteiger partial charge in [-0.05, 0) is 58.5 Å².